The van der Waals surface area contributed by atoms with E-state index in [-0.39, 0.29) is 0 Å². The van der Waals surface area contributed by atoms with Crippen molar-refractivity contribution >= 4 is 0 Å². The Morgan fingerprint density at radius 3 is 3.00 bits per heavy atom. The van der Waals surface area contributed by atoms with Crippen molar-refractivity contribution < 1.29 is 0 Å². The standard InChI is InChI=1S/C10H18N4/c1-7(2)10-12-9-4-3-8(5-11)6-14(9)13-10/h7-8H,3-6,11H2,1-2H3. The molecule has 0 aromatic carbocycles. The summed E-state index contributed by atoms with van der Waals surface area (Å²) in [6.07, 6.45) is 2.19. The summed E-state index contributed by atoms with van der Waals surface area (Å²) in [5.74, 6) is 3.12. The molecule has 1 atom stereocenters. The van der Waals surface area contributed by atoms with Crippen LogP contribution in [0.15, 0.2) is 0 Å². The molecule has 0 amide bonds. The Morgan fingerprint density at radius 2 is 2.36 bits per heavy atom. The minimum absolute atomic E-state index is 0.421. The Balaban J connectivity index is 2.21. The molecule has 1 unspecified atom stereocenters. The molecule has 78 valence electrons. The van der Waals surface area contributed by atoms with Crippen molar-refractivity contribution in [1.29, 1.82) is 0 Å². The molecule has 0 radical (unpaired) electrons. The average Bonchev–Trinajstić information content (AvgIpc) is 2.59. The predicted octanol–water partition coefficient (Wildman–Crippen LogP) is 0.923. The Kier molecular flexibility index (Phi) is 2.54. The van der Waals surface area contributed by atoms with E-state index in [1.54, 1.807) is 0 Å². The third-order valence-corrected chi connectivity index (χ3v) is 2.82. The van der Waals surface area contributed by atoms with E-state index in [2.05, 4.69) is 23.9 Å². The second kappa shape index (κ2) is 3.69. The van der Waals surface area contributed by atoms with Gasteiger partial charge in [0.05, 0.1) is 0 Å². The zero-order chi connectivity index (χ0) is 10.1. The van der Waals surface area contributed by atoms with Crippen LogP contribution >= 0.6 is 0 Å². The van der Waals surface area contributed by atoms with Crippen LogP contribution in [-0.4, -0.2) is 21.3 Å². The molecule has 4 heteroatoms. The summed E-state index contributed by atoms with van der Waals surface area (Å²) in [6, 6.07) is 0. The van der Waals surface area contributed by atoms with Gasteiger partial charge < -0.3 is 5.73 Å². The molecule has 0 aliphatic carbocycles. The van der Waals surface area contributed by atoms with Gasteiger partial charge in [0.2, 0.25) is 0 Å². The maximum absolute atomic E-state index is 5.67. The maximum atomic E-state index is 5.67. The quantitative estimate of drug-likeness (QED) is 0.761. The van der Waals surface area contributed by atoms with E-state index in [9.17, 15) is 0 Å². The van der Waals surface area contributed by atoms with Gasteiger partial charge in [-0.3, -0.25) is 0 Å². The van der Waals surface area contributed by atoms with E-state index in [1.165, 1.54) is 0 Å². The van der Waals surface area contributed by atoms with Crippen molar-refractivity contribution in [3.8, 4) is 0 Å². The molecule has 14 heavy (non-hydrogen) atoms. The third-order valence-electron chi connectivity index (χ3n) is 2.82. The van der Waals surface area contributed by atoms with Crippen LogP contribution in [-0.2, 0) is 13.0 Å². The molecule has 2 rings (SSSR count). The first-order valence-electron chi connectivity index (χ1n) is 5.34. The maximum Gasteiger partial charge on any atom is 0.153 e. The molecule has 0 saturated carbocycles. The molecule has 0 spiro atoms. The minimum Gasteiger partial charge on any atom is -0.330 e. The summed E-state index contributed by atoms with van der Waals surface area (Å²) in [7, 11) is 0. The summed E-state index contributed by atoms with van der Waals surface area (Å²) in [4.78, 5) is 4.53. The van der Waals surface area contributed by atoms with Gasteiger partial charge in [0, 0.05) is 18.9 Å². The second-order valence-electron chi connectivity index (χ2n) is 4.36. The minimum atomic E-state index is 0.421. The van der Waals surface area contributed by atoms with Crippen molar-refractivity contribution in [1.82, 2.24) is 14.8 Å². The summed E-state index contributed by atoms with van der Waals surface area (Å²) in [5, 5.41) is 4.50. The van der Waals surface area contributed by atoms with Gasteiger partial charge >= 0.3 is 0 Å². The normalized spacial score (nSPS) is 21.3. The molecular weight excluding hydrogens is 176 g/mol. The van der Waals surface area contributed by atoms with Crippen LogP contribution in [0.5, 0.6) is 0 Å². The SMILES string of the molecule is CC(C)c1nc2n(n1)CC(CN)CC2. The van der Waals surface area contributed by atoms with E-state index in [1.807, 2.05) is 4.68 Å². The van der Waals surface area contributed by atoms with E-state index < -0.39 is 0 Å². The fraction of sp³-hybridized carbons (Fsp3) is 0.800. The predicted molar refractivity (Wildman–Crippen MR) is 55.0 cm³/mol. The monoisotopic (exact) mass is 194 g/mol. The average molecular weight is 194 g/mol. The molecule has 0 fully saturated rings. The van der Waals surface area contributed by atoms with Gasteiger partial charge in [-0.1, -0.05) is 13.8 Å². The first-order valence-corrected chi connectivity index (χ1v) is 5.34. The molecule has 1 aromatic heterocycles. The molecule has 1 aliphatic heterocycles. The van der Waals surface area contributed by atoms with Crippen molar-refractivity contribution in [2.24, 2.45) is 11.7 Å². The Morgan fingerprint density at radius 1 is 1.57 bits per heavy atom. The number of nitrogens with zero attached hydrogens (tertiary/aromatic N) is 3. The summed E-state index contributed by atoms with van der Waals surface area (Å²) in [5.41, 5.74) is 5.67. The fourth-order valence-electron chi connectivity index (χ4n) is 1.83. The summed E-state index contributed by atoms with van der Waals surface area (Å²) >= 11 is 0. The van der Waals surface area contributed by atoms with Gasteiger partial charge in [-0.05, 0) is 18.9 Å². The van der Waals surface area contributed by atoms with Gasteiger partial charge in [0.1, 0.15) is 5.82 Å². The molecule has 0 saturated heterocycles. The Hall–Kier alpha value is -0.900. The number of aryl methyl sites for hydroxylation is 1. The first kappa shape index (κ1) is 9.65. The van der Waals surface area contributed by atoms with E-state index in [4.69, 9.17) is 5.73 Å². The van der Waals surface area contributed by atoms with E-state index in [0.717, 1.165) is 37.6 Å². The first-order chi connectivity index (χ1) is 6.70. The number of nitrogens with two attached hydrogens (primary N) is 1. The highest BCUT2D eigenvalue weighted by Crippen LogP contribution is 2.19. The molecule has 1 aromatic rings. The van der Waals surface area contributed by atoms with Gasteiger partial charge in [-0.2, -0.15) is 5.10 Å². The van der Waals surface area contributed by atoms with Crippen LogP contribution in [0.4, 0.5) is 0 Å². The lowest BCUT2D eigenvalue weighted by molar-refractivity contribution is 0.349. The summed E-state index contributed by atoms with van der Waals surface area (Å²) < 4.78 is 2.04. The third kappa shape index (κ3) is 1.66. The van der Waals surface area contributed by atoms with Gasteiger partial charge in [-0.15, -0.1) is 0 Å². The largest absolute Gasteiger partial charge is 0.330 e. The zero-order valence-corrected chi connectivity index (χ0v) is 8.90. The lowest BCUT2D eigenvalue weighted by Gasteiger charge is -2.20. The van der Waals surface area contributed by atoms with Crippen molar-refractivity contribution in [2.45, 2.75) is 39.2 Å². The van der Waals surface area contributed by atoms with Crippen LogP contribution in [0, 0.1) is 5.92 Å². The lowest BCUT2D eigenvalue weighted by Crippen LogP contribution is -2.27. The van der Waals surface area contributed by atoms with Gasteiger partial charge in [0.15, 0.2) is 5.82 Å². The Labute approximate surface area is 84.5 Å². The number of aromatic nitrogens is 3. The van der Waals surface area contributed by atoms with E-state index in [0.29, 0.717) is 11.8 Å². The van der Waals surface area contributed by atoms with Gasteiger partial charge in [-0.25, -0.2) is 9.67 Å². The molecule has 1 aliphatic rings. The zero-order valence-electron chi connectivity index (χ0n) is 8.90. The van der Waals surface area contributed by atoms with Gasteiger partial charge in [0.25, 0.3) is 0 Å². The van der Waals surface area contributed by atoms with Crippen molar-refractivity contribution in [2.75, 3.05) is 6.54 Å². The fourth-order valence-corrected chi connectivity index (χ4v) is 1.83. The van der Waals surface area contributed by atoms with E-state index >= 15 is 0 Å². The van der Waals surface area contributed by atoms with Crippen LogP contribution in [0.25, 0.3) is 0 Å². The molecular formula is C10H18N4. The topological polar surface area (TPSA) is 56.7 Å². The highest BCUT2D eigenvalue weighted by molar-refractivity contribution is 5.00. The van der Waals surface area contributed by atoms with Crippen LogP contribution in [0.1, 0.15) is 37.8 Å². The molecule has 2 N–H and O–H groups in total. The van der Waals surface area contributed by atoms with Crippen LogP contribution in [0.2, 0.25) is 0 Å². The number of hydrogen-bond donors (Lipinski definition) is 1. The number of hydrogen-bond acceptors (Lipinski definition) is 3. The smallest absolute Gasteiger partial charge is 0.153 e. The van der Waals surface area contributed by atoms with Crippen LogP contribution < -0.4 is 5.73 Å². The highest BCUT2D eigenvalue weighted by atomic mass is 15.4. The molecule has 4 nitrogen and oxygen atoms in total. The highest BCUT2D eigenvalue weighted by Gasteiger charge is 2.21. The van der Waals surface area contributed by atoms with Crippen LogP contribution in [0.3, 0.4) is 0 Å². The lowest BCUT2D eigenvalue weighted by atomic mass is 10.0. The number of rotatable bonds is 2. The van der Waals surface area contributed by atoms with Crippen molar-refractivity contribution in [3.05, 3.63) is 11.6 Å². The summed E-state index contributed by atoms with van der Waals surface area (Å²) in [6.45, 7) is 5.96. The molecule has 0 bridgehead atoms. The van der Waals surface area contributed by atoms with Crippen molar-refractivity contribution in [3.63, 3.8) is 0 Å². The molecule has 2 heterocycles. The second-order valence-corrected chi connectivity index (χ2v) is 4.36. The Bertz CT molecular complexity index is 316. The number of fused-ring (bicyclic) bond motifs is 1.